The zero-order chi connectivity index (χ0) is 23.7. The summed E-state index contributed by atoms with van der Waals surface area (Å²) in [6, 6.07) is 12.7. The molecule has 0 saturated heterocycles. The molecule has 2 N–H and O–H groups in total. The molecular weight excluding hydrogens is 430 g/mol. The van der Waals surface area contributed by atoms with Crippen molar-refractivity contribution in [3.63, 3.8) is 0 Å². The quantitative estimate of drug-likeness (QED) is 0.434. The van der Waals surface area contributed by atoms with Gasteiger partial charge in [0.1, 0.15) is 23.5 Å². The second-order valence-electron chi connectivity index (χ2n) is 8.58. The summed E-state index contributed by atoms with van der Waals surface area (Å²) in [6.07, 6.45) is 6.85. The first kappa shape index (κ1) is 21.8. The summed E-state index contributed by atoms with van der Waals surface area (Å²) in [7, 11) is 0. The number of aliphatic hydroxyl groups is 1. The van der Waals surface area contributed by atoms with Crippen LogP contribution in [-0.2, 0) is 0 Å². The molecule has 4 heterocycles. The summed E-state index contributed by atoms with van der Waals surface area (Å²) < 4.78 is 1.76. The number of pyridine rings is 3. The predicted octanol–water partition coefficient (Wildman–Crippen LogP) is 3.87. The second kappa shape index (κ2) is 9.11. The maximum atomic E-state index is 12.9. The first-order valence-corrected chi connectivity index (χ1v) is 11.3. The molecule has 34 heavy (non-hydrogen) atoms. The van der Waals surface area contributed by atoms with Gasteiger partial charge < -0.3 is 15.0 Å². The van der Waals surface area contributed by atoms with E-state index in [9.17, 15) is 9.90 Å². The molecule has 0 radical (unpaired) electrons. The van der Waals surface area contributed by atoms with Gasteiger partial charge in [0.2, 0.25) is 0 Å². The predicted molar refractivity (Wildman–Crippen MR) is 127 cm³/mol. The molecule has 1 aliphatic rings. The van der Waals surface area contributed by atoms with Gasteiger partial charge in [-0.2, -0.15) is 0 Å². The molecular formula is C25H25N7O2. The first-order valence-electron chi connectivity index (χ1n) is 11.3. The van der Waals surface area contributed by atoms with Gasteiger partial charge in [0.05, 0.1) is 12.1 Å². The summed E-state index contributed by atoms with van der Waals surface area (Å²) in [5.74, 6) is 1.10. The van der Waals surface area contributed by atoms with E-state index in [-0.39, 0.29) is 17.6 Å². The van der Waals surface area contributed by atoms with Crippen molar-refractivity contribution in [2.45, 2.75) is 44.8 Å². The largest absolute Gasteiger partial charge is 0.391 e. The van der Waals surface area contributed by atoms with Crippen LogP contribution in [0.3, 0.4) is 0 Å². The van der Waals surface area contributed by atoms with E-state index in [4.69, 9.17) is 0 Å². The Morgan fingerprint density at radius 3 is 2.71 bits per heavy atom. The molecule has 4 aromatic heterocycles. The molecule has 1 fully saturated rings. The van der Waals surface area contributed by atoms with E-state index in [0.717, 1.165) is 16.8 Å². The summed E-state index contributed by atoms with van der Waals surface area (Å²) >= 11 is 0. The lowest BCUT2D eigenvalue weighted by atomic mass is 10.1. The van der Waals surface area contributed by atoms with Crippen LogP contribution in [0.5, 0.6) is 0 Å². The lowest BCUT2D eigenvalue weighted by Crippen LogP contribution is -2.19. The van der Waals surface area contributed by atoms with E-state index in [1.807, 2.05) is 25.3 Å². The third kappa shape index (κ3) is 4.55. The Bertz CT molecular complexity index is 1310. The molecule has 5 rings (SSSR count). The van der Waals surface area contributed by atoms with Crippen LogP contribution >= 0.6 is 0 Å². The number of aliphatic hydroxyl groups excluding tert-OH is 1. The molecule has 2 unspecified atom stereocenters. The molecule has 1 aliphatic carbocycles. The standard InChI is InChI=1S/C25H25N7O2/c1-15(16(2)33)32-14-28-31-24(32)21-4-3-5-23(29-21)30-25(34)22-12-18(10-11-26-22)19-8-9-20(27-13-19)17-6-7-17/h3-5,8-17,33H,6-7H2,1-2H3,(H,29,30,34). The number of hydrogen-bond acceptors (Lipinski definition) is 7. The van der Waals surface area contributed by atoms with E-state index in [2.05, 4.69) is 36.5 Å². The number of nitrogens with zero attached hydrogens (tertiary/aromatic N) is 6. The fourth-order valence-corrected chi connectivity index (χ4v) is 3.70. The van der Waals surface area contributed by atoms with Gasteiger partial charge in [-0.3, -0.25) is 14.8 Å². The Morgan fingerprint density at radius 1 is 1.12 bits per heavy atom. The van der Waals surface area contributed by atoms with Crippen molar-refractivity contribution in [3.8, 4) is 22.6 Å². The molecule has 172 valence electrons. The van der Waals surface area contributed by atoms with Crippen LogP contribution < -0.4 is 5.32 Å². The van der Waals surface area contributed by atoms with Crippen molar-refractivity contribution in [2.24, 2.45) is 0 Å². The molecule has 9 nitrogen and oxygen atoms in total. The Morgan fingerprint density at radius 2 is 1.97 bits per heavy atom. The number of nitrogens with one attached hydrogen (secondary N) is 1. The monoisotopic (exact) mass is 455 g/mol. The van der Waals surface area contributed by atoms with E-state index < -0.39 is 6.10 Å². The highest BCUT2D eigenvalue weighted by molar-refractivity contribution is 6.03. The second-order valence-corrected chi connectivity index (χ2v) is 8.58. The Hall–Kier alpha value is -3.98. The minimum Gasteiger partial charge on any atom is -0.391 e. The SMILES string of the molecule is CC(O)C(C)n1cnnc1-c1cccc(NC(=O)c2cc(-c3ccc(C4CC4)nc3)ccn2)n1. The zero-order valence-corrected chi connectivity index (χ0v) is 19.0. The normalized spacial score (nSPS) is 15.0. The van der Waals surface area contributed by atoms with Gasteiger partial charge in [-0.05, 0) is 62.6 Å². The Labute approximate surface area is 197 Å². The molecule has 0 bridgehead atoms. The van der Waals surface area contributed by atoms with Gasteiger partial charge in [0, 0.05) is 29.6 Å². The summed E-state index contributed by atoms with van der Waals surface area (Å²) in [4.78, 5) is 26.2. The van der Waals surface area contributed by atoms with Crippen LogP contribution in [-0.4, -0.2) is 46.8 Å². The van der Waals surface area contributed by atoms with E-state index in [1.165, 1.54) is 12.8 Å². The minimum absolute atomic E-state index is 0.232. The minimum atomic E-state index is -0.587. The van der Waals surface area contributed by atoms with Gasteiger partial charge in [-0.15, -0.1) is 10.2 Å². The van der Waals surface area contributed by atoms with Gasteiger partial charge in [-0.25, -0.2) is 4.98 Å². The summed E-state index contributed by atoms with van der Waals surface area (Å²) in [6.45, 7) is 3.58. The lowest BCUT2D eigenvalue weighted by Gasteiger charge is -2.17. The summed E-state index contributed by atoms with van der Waals surface area (Å²) in [5, 5.41) is 20.9. The topological polar surface area (TPSA) is 119 Å². The van der Waals surface area contributed by atoms with Gasteiger partial charge >= 0.3 is 0 Å². The lowest BCUT2D eigenvalue weighted by molar-refractivity contribution is 0.102. The highest BCUT2D eigenvalue weighted by atomic mass is 16.3. The number of anilines is 1. The third-order valence-corrected chi connectivity index (χ3v) is 6.04. The van der Waals surface area contributed by atoms with Crippen molar-refractivity contribution in [1.82, 2.24) is 29.7 Å². The van der Waals surface area contributed by atoms with Gasteiger partial charge in [0.25, 0.3) is 5.91 Å². The molecule has 0 aliphatic heterocycles. The number of carbonyl (C=O) groups is 1. The molecule has 9 heteroatoms. The number of aromatic nitrogens is 6. The third-order valence-electron chi connectivity index (χ3n) is 6.04. The Balaban J connectivity index is 1.34. The van der Waals surface area contributed by atoms with Crippen molar-refractivity contribution in [2.75, 3.05) is 5.32 Å². The van der Waals surface area contributed by atoms with Crippen LogP contribution in [0.2, 0.25) is 0 Å². The average molecular weight is 456 g/mol. The number of carbonyl (C=O) groups excluding carboxylic acids is 1. The fraction of sp³-hybridized carbons (Fsp3) is 0.280. The number of amides is 1. The van der Waals surface area contributed by atoms with E-state index in [1.54, 1.807) is 48.3 Å². The van der Waals surface area contributed by atoms with Crippen LogP contribution in [0.15, 0.2) is 61.2 Å². The maximum absolute atomic E-state index is 12.9. The zero-order valence-electron chi connectivity index (χ0n) is 19.0. The number of hydrogen-bond donors (Lipinski definition) is 2. The molecule has 1 amide bonds. The maximum Gasteiger partial charge on any atom is 0.275 e. The van der Waals surface area contributed by atoms with Crippen LogP contribution in [0.4, 0.5) is 5.82 Å². The summed E-state index contributed by atoms with van der Waals surface area (Å²) in [5.41, 5.74) is 3.75. The fourth-order valence-electron chi connectivity index (χ4n) is 3.70. The highest BCUT2D eigenvalue weighted by Crippen LogP contribution is 2.39. The molecule has 1 saturated carbocycles. The highest BCUT2D eigenvalue weighted by Gasteiger charge is 2.24. The Kier molecular flexibility index (Phi) is 5.85. The van der Waals surface area contributed by atoms with E-state index >= 15 is 0 Å². The van der Waals surface area contributed by atoms with Crippen LogP contribution in [0.1, 0.15) is 54.8 Å². The first-order chi connectivity index (χ1) is 16.5. The molecule has 2 atom stereocenters. The molecule has 0 aromatic carbocycles. The molecule has 4 aromatic rings. The van der Waals surface area contributed by atoms with Gasteiger partial charge in [0.15, 0.2) is 5.82 Å². The van der Waals surface area contributed by atoms with Gasteiger partial charge in [-0.1, -0.05) is 12.1 Å². The number of rotatable bonds is 7. The smallest absolute Gasteiger partial charge is 0.275 e. The van der Waals surface area contributed by atoms with Crippen LogP contribution in [0, 0.1) is 0 Å². The van der Waals surface area contributed by atoms with E-state index in [0.29, 0.717) is 23.3 Å². The van der Waals surface area contributed by atoms with Crippen molar-refractivity contribution >= 4 is 11.7 Å². The average Bonchev–Trinajstić information content (AvgIpc) is 3.60. The molecule has 0 spiro atoms. The van der Waals surface area contributed by atoms with Crippen molar-refractivity contribution < 1.29 is 9.90 Å². The van der Waals surface area contributed by atoms with Crippen LogP contribution in [0.25, 0.3) is 22.6 Å². The van der Waals surface area contributed by atoms with Crippen molar-refractivity contribution in [1.29, 1.82) is 0 Å². The van der Waals surface area contributed by atoms with Crippen molar-refractivity contribution in [3.05, 3.63) is 72.6 Å².